The summed E-state index contributed by atoms with van der Waals surface area (Å²) in [5.74, 6) is 0.0920. The Bertz CT molecular complexity index is 1020. The van der Waals surface area contributed by atoms with Crippen LogP contribution < -0.4 is 5.32 Å². The molecular formula is C24H26ClN3O. The number of hydrogen-bond acceptors (Lipinski definition) is 2. The number of allylic oxidation sites excluding steroid dienone is 1. The van der Waals surface area contributed by atoms with Gasteiger partial charge < -0.3 is 9.72 Å². The summed E-state index contributed by atoms with van der Waals surface area (Å²) in [7, 11) is 0. The second kappa shape index (κ2) is 9.27. The van der Waals surface area contributed by atoms with Crippen LogP contribution in [-0.2, 0) is 11.2 Å². The summed E-state index contributed by atoms with van der Waals surface area (Å²) in [6.07, 6.45) is 11.3. The maximum Gasteiger partial charge on any atom is 0.220 e. The van der Waals surface area contributed by atoms with Gasteiger partial charge in [-0.25, -0.2) is 4.98 Å². The van der Waals surface area contributed by atoms with Gasteiger partial charge >= 0.3 is 0 Å². The molecule has 4 nitrogen and oxygen atoms in total. The number of benzene rings is 1. The molecule has 0 saturated heterocycles. The van der Waals surface area contributed by atoms with Crippen LogP contribution in [0.15, 0.2) is 60.3 Å². The van der Waals surface area contributed by atoms with E-state index in [1.807, 2.05) is 48.7 Å². The van der Waals surface area contributed by atoms with Gasteiger partial charge in [0.05, 0.1) is 11.4 Å². The van der Waals surface area contributed by atoms with Crippen LogP contribution in [0.5, 0.6) is 0 Å². The lowest BCUT2D eigenvalue weighted by atomic mass is 9.97. The number of nitrogens with zero attached hydrogens (tertiary/aromatic N) is 2. The van der Waals surface area contributed by atoms with Crippen LogP contribution in [0.1, 0.15) is 44.2 Å². The third-order valence-corrected chi connectivity index (χ3v) is 5.74. The first-order valence-corrected chi connectivity index (χ1v) is 10.7. The van der Waals surface area contributed by atoms with Crippen LogP contribution in [-0.4, -0.2) is 21.8 Å². The molecule has 0 saturated carbocycles. The number of hydrogen-bond donors (Lipinski definition) is 1. The standard InChI is InChI=1S/C24H26ClN3O/c25-20-11-9-19(10-12-20)24-21(28-17-5-4-8-22(28)27-24)13-14-23(29)26-16-15-18-6-2-1-3-7-18/h4-6,8-12,17H,1-3,7,13-16H2,(H,26,29). The summed E-state index contributed by atoms with van der Waals surface area (Å²) < 4.78 is 2.07. The fraction of sp³-hybridized carbons (Fsp3) is 0.333. The molecule has 0 unspecified atom stereocenters. The molecule has 1 amide bonds. The monoisotopic (exact) mass is 407 g/mol. The Morgan fingerprint density at radius 1 is 1.10 bits per heavy atom. The molecule has 0 aliphatic heterocycles. The zero-order valence-electron chi connectivity index (χ0n) is 16.5. The van der Waals surface area contributed by atoms with Gasteiger partial charge in [-0.2, -0.15) is 0 Å². The predicted octanol–water partition coefficient (Wildman–Crippen LogP) is 5.59. The van der Waals surface area contributed by atoms with Crippen molar-refractivity contribution in [2.75, 3.05) is 6.54 Å². The van der Waals surface area contributed by atoms with Crippen molar-refractivity contribution in [1.29, 1.82) is 0 Å². The van der Waals surface area contributed by atoms with Gasteiger partial charge in [0.2, 0.25) is 5.91 Å². The number of amides is 1. The largest absolute Gasteiger partial charge is 0.356 e. The molecule has 29 heavy (non-hydrogen) atoms. The third-order valence-electron chi connectivity index (χ3n) is 5.49. The maximum atomic E-state index is 12.4. The first kappa shape index (κ1) is 19.7. The summed E-state index contributed by atoms with van der Waals surface area (Å²) >= 11 is 6.04. The molecule has 1 aliphatic rings. The van der Waals surface area contributed by atoms with Crippen molar-refractivity contribution >= 4 is 23.2 Å². The quantitative estimate of drug-likeness (QED) is 0.518. The number of rotatable bonds is 7. The van der Waals surface area contributed by atoms with Crippen molar-refractivity contribution in [2.45, 2.75) is 44.9 Å². The molecule has 1 aliphatic carbocycles. The summed E-state index contributed by atoms with van der Waals surface area (Å²) in [6, 6.07) is 13.7. The van der Waals surface area contributed by atoms with Gasteiger partial charge in [-0.3, -0.25) is 4.79 Å². The molecule has 0 bridgehead atoms. The highest BCUT2D eigenvalue weighted by Gasteiger charge is 2.15. The van der Waals surface area contributed by atoms with E-state index in [0.717, 1.165) is 35.6 Å². The van der Waals surface area contributed by atoms with Gasteiger partial charge in [-0.1, -0.05) is 41.4 Å². The Morgan fingerprint density at radius 3 is 2.76 bits per heavy atom. The smallest absolute Gasteiger partial charge is 0.220 e. The summed E-state index contributed by atoms with van der Waals surface area (Å²) in [6.45, 7) is 0.724. The molecule has 1 N–H and O–H groups in total. The van der Waals surface area contributed by atoms with Crippen LogP contribution in [0.25, 0.3) is 16.9 Å². The zero-order chi connectivity index (χ0) is 20.1. The average Bonchev–Trinajstić information content (AvgIpc) is 3.12. The summed E-state index contributed by atoms with van der Waals surface area (Å²) in [5, 5.41) is 3.78. The molecule has 2 heterocycles. The first-order valence-electron chi connectivity index (χ1n) is 10.4. The van der Waals surface area contributed by atoms with Crippen molar-refractivity contribution in [2.24, 2.45) is 0 Å². The van der Waals surface area contributed by atoms with E-state index in [1.54, 1.807) is 0 Å². The van der Waals surface area contributed by atoms with Crippen LogP contribution in [0.4, 0.5) is 0 Å². The summed E-state index contributed by atoms with van der Waals surface area (Å²) in [5.41, 5.74) is 5.35. The molecule has 2 aromatic heterocycles. The Labute approximate surface area is 176 Å². The van der Waals surface area contributed by atoms with Crippen molar-refractivity contribution in [3.8, 4) is 11.3 Å². The second-order valence-corrected chi connectivity index (χ2v) is 7.99. The van der Waals surface area contributed by atoms with Crippen molar-refractivity contribution in [3.63, 3.8) is 0 Å². The minimum atomic E-state index is 0.0920. The van der Waals surface area contributed by atoms with E-state index in [2.05, 4.69) is 15.8 Å². The lowest BCUT2D eigenvalue weighted by Gasteiger charge is -2.13. The van der Waals surface area contributed by atoms with Crippen molar-refractivity contribution < 1.29 is 4.79 Å². The number of pyridine rings is 1. The number of carbonyl (C=O) groups is 1. The van der Waals surface area contributed by atoms with Gasteiger partial charge in [-0.15, -0.1) is 0 Å². The number of fused-ring (bicyclic) bond motifs is 1. The number of imidazole rings is 1. The molecule has 3 aromatic rings. The van der Waals surface area contributed by atoms with E-state index < -0.39 is 0 Å². The first-order chi connectivity index (χ1) is 14.2. The molecule has 5 heteroatoms. The predicted molar refractivity (Wildman–Crippen MR) is 118 cm³/mol. The zero-order valence-corrected chi connectivity index (χ0v) is 17.3. The van der Waals surface area contributed by atoms with E-state index in [1.165, 1.54) is 31.3 Å². The van der Waals surface area contributed by atoms with Gasteiger partial charge in [0.1, 0.15) is 5.65 Å². The van der Waals surface area contributed by atoms with Crippen LogP contribution in [0, 0.1) is 0 Å². The fourth-order valence-electron chi connectivity index (χ4n) is 3.94. The SMILES string of the molecule is O=C(CCc1c(-c2ccc(Cl)cc2)nc2ccccn12)NCCC1=CCCCC1. The highest BCUT2D eigenvalue weighted by atomic mass is 35.5. The van der Waals surface area contributed by atoms with E-state index in [0.29, 0.717) is 17.9 Å². The Hall–Kier alpha value is -2.59. The minimum Gasteiger partial charge on any atom is -0.356 e. The second-order valence-electron chi connectivity index (χ2n) is 7.55. The topological polar surface area (TPSA) is 46.4 Å². The number of carbonyl (C=O) groups excluding carboxylic acids is 1. The molecule has 0 spiro atoms. The molecule has 0 atom stereocenters. The van der Waals surface area contributed by atoms with E-state index in [9.17, 15) is 4.79 Å². The maximum absolute atomic E-state index is 12.4. The Kier molecular flexibility index (Phi) is 6.30. The summed E-state index contributed by atoms with van der Waals surface area (Å²) in [4.78, 5) is 17.2. The molecule has 150 valence electrons. The molecule has 4 rings (SSSR count). The lowest BCUT2D eigenvalue weighted by molar-refractivity contribution is -0.121. The Morgan fingerprint density at radius 2 is 1.97 bits per heavy atom. The van der Waals surface area contributed by atoms with Gasteiger partial charge in [-0.05, 0) is 62.8 Å². The minimum absolute atomic E-state index is 0.0920. The molecule has 0 fully saturated rings. The average molecular weight is 408 g/mol. The third kappa shape index (κ3) is 4.88. The normalized spacial score (nSPS) is 14.0. The number of halogens is 1. The number of nitrogens with one attached hydrogen (secondary N) is 1. The molecule has 1 aromatic carbocycles. The van der Waals surface area contributed by atoms with Crippen molar-refractivity contribution in [3.05, 3.63) is 71.0 Å². The van der Waals surface area contributed by atoms with Gasteiger partial charge in [0.15, 0.2) is 0 Å². The Balaban J connectivity index is 1.44. The van der Waals surface area contributed by atoms with Crippen LogP contribution >= 0.6 is 11.6 Å². The molecular weight excluding hydrogens is 382 g/mol. The number of aryl methyl sites for hydroxylation is 1. The lowest BCUT2D eigenvalue weighted by Crippen LogP contribution is -2.25. The highest BCUT2D eigenvalue weighted by Crippen LogP contribution is 2.27. The fourth-order valence-corrected chi connectivity index (χ4v) is 4.06. The van der Waals surface area contributed by atoms with Crippen LogP contribution in [0.2, 0.25) is 5.02 Å². The van der Waals surface area contributed by atoms with E-state index in [4.69, 9.17) is 16.6 Å². The van der Waals surface area contributed by atoms with Gasteiger partial charge in [0, 0.05) is 29.7 Å². The van der Waals surface area contributed by atoms with E-state index in [-0.39, 0.29) is 5.91 Å². The molecule has 0 radical (unpaired) electrons. The van der Waals surface area contributed by atoms with Crippen molar-refractivity contribution in [1.82, 2.24) is 14.7 Å². The highest BCUT2D eigenvalue weighted by molar-refractivity contribution is 6.30. The van der Waals surface area contributed by atoms with Gasteiger partial charge in [0.25, 0.3) is 0 Å². The number of aromatic nitrogens is 2. The van der Waals surface area contributed by atoms with Crippen LogP contribution in [0.3, 0.4) is 0 Å². The van der Waals surface area contributed by atoms with E-state index >= 15 is 0 Å².